The largest absolute Gasteiger partial charge is 0.271 e. The molecule has 16 heavy (non-hydrogen) atoms. The van der Waals surface area contributed by atoms with Gasteiger partial charge < -0.3 is 0 Å². The first-order chi connectivity index (χ1) is 7.74. The molecule has 0 bridgehead atoms. The van der Waals surface area contributed by atoms with Crippen molar-refractivity contribution >= 4 is 27.3 Å². The summed E-state index contributed by atoms with van der Waals surface area (Å²) >= 11 is 5.16. The molecule has 2 heterocycles. The number of nitrogens with one attached hydrogen (secondary N) is 1. The van der Waals surface area contributed by atoms with Crippen molar-refractivity contribution in [2.45, 2.75) is 13.0 Å². The number of pyridine rings is 1. The molecule has 0 aliphatic heterocycles. The van der Waals surface area contributed by atoms with Gasteiger partial charge in [-0.3, -0.25) is 10.8 Å². The quantitative estimate of drug-likeness (QED) is 0.677. The molecule has 0 aliphatic rings. The highest BCUT2D eigenvalue weighted by atomic mass is 79.9. The Hall–Kier alpha value is -0.750. The predicted molar refractivity (Wildman–Crippen MR) is 70.2 cm³/mol. The molecule has 0 spiro atoms. The molecule has 2 aromatic rings. The van der Waals surface area contributed by atoms with Crippen LogP contribution in [0.25, 0.3) is 0 Å². The lowest BCUT2D eigenvalue weighted by atomic mass is 10.0. The Morgan fingerprint density at radius 1 is 1.50 bits per heavy atom. The first-order valence-corrected chi connectivity index (χ1v) is 6.57. The highest BCUT2D eigenvalue weighted by Gasteiger charge is 2.18. The second-order valence-corrected chi connectivity index (χ2v) is 5.08. The average Bonchev–Trinajstić information content (AvgIpc) is 2.69. The van der Waals surface area contributed by atoms with Gasteiger partial charge in [0.1, 0.15) is 0 Å². The summed E-state index contributed by atoms with van der Waals surface area (Å²) in [6.07, 6.45) is 1.78. The van der Waals surface area contributed by atoms with Crippen LogP contribution in [0.1, 0.15) is 22.9 Å². The molecule has 84 valence electrons. The number of hydrazine groups is 1. The van der Waals surface area contributed by atoms with E-state index in [9.17, 15) is 0 Å². The summed E-state index contributed by atoms with van der Waals surface area (Å²) in [6.45, 7) is 2.03. The topological polar surface area (TPSA) is 50.9 Å². The van der Waals surface area contributed by atoms with Gasteiger partial charge in [0.2, 0.25) is 0 Å². The Labute approximate surface area is 107 Å². The van der Waals surface area contributed by atoms with E-state index in [1.165, 1.54) is 0 Å². The van der Waals surface area contributed by atoms with E-state index in [4.69, 9.17) is 5.84 Å². The standard InChI is InChI=1S/C11H12BrN3S/c1-7-3-2-4-14-10(7)11(15-13)8-5-16-6-9(8)12/h2-6,11,15H,13H2,1H3. The van der Waals surface area contributed by atoms with E-state index in [-0.39, 0.29) is 6.04 Å². The highest BCUT2D eigenvalue weighted by Crippen LogP contribution is 2.31. The Morgan fingerprint density at radius 2 is 2.31 bits per heavy atom. The number of thiophene rings is 1. The van der Waals surface area contributed by atoms with Crippen LogP contribution in [-0.2, 0) is 0 Å². The van der Waals surface area contributed by atoms with Crippen LogP contribution in [0.3, 0.4) is 0 Å². The zero-order chi connectivity index (χ0) is 11.5. The maximum atomic E-state index is 5.63. The van der Waals surface area contributed by atoms with Crippen molar-refractivity contribution in [3.63, 3.8) is 0 Å². The fraction of sp³-hybridized carbons (Fsp3) is 0.182. The maximum absolute atomic E-state index is 5.63. The number of nitrogens with zero attached hydrogens (tertiary/aromatic N) is 1. The summed E-state index contributed by atoms with van der Waals surface area (Å²) in [5.41, 5.74) is 6.03. The van der Waals surface area contributed by atoms with Crippen LogP contribution in [0.5, 0.6) is 0 Å². The van der Waals surface area contributed by atoms with Crippen LogP contribution >= 0.6 is 27.3 Å². The molecule has 0 amide bonds. The molecule has 0 saturated heterocycles. The molecule has 3 N–H and O–H groups in total. The van der Waals surface area contributed by atoms with Crippen molar-refractivity contribution in [2.24, 2.45) is 5.84 Å². The summed E-state index contributed by atoms with van der Waals surface area (Å²) in [5, 5.41) is 4.11. The number of hydrogen-bond acceptors (Lipinski definition) is 4. The van der Waals surface area contributed by atoms with Crippen molar-refractivity contribution in [3.8, 4) is 0 Å². The zero-order valence-corrected chi connectivity index (χ0v) is 11.2. The molecule has 2 rings (SSSR count). The average molecular weight is 298 g/mol. The summed E-state index contributed by atoms with van der Waals surface area (Å²) in [4.78, 5) is 4.39. The molecule has 0 saturated carbocycles. The molecular formula is C11H12BrN3S. The minimum atomic E-state index is -0.0678. The number of aromatic nitrogens is 1. The molecule has 0 fully saturated rings. The predicted octanol–water partition coefficient (Wildman–Crippen LogP) is 2.77. The third-order valence-corrected chi connectivity index (χ3v) is 4.19. The lowest BCUT2D eigenvalue weighted by Gasteiger charge is -2.16. The molecule has 1 atom stereocenters. The van der Waals surface area contributed by atoms with E-state index in [1.807, 2.05) is 24.4 Å². The number of rotatable bonds is 3. The molecule has 0 aliphatic carbocycles. The Bertz CT molecular complexity index is 484. The van der Waals surface area contributed by atoms with Gasteiger partial charge in [-0.1, -0.05) is 6.07 Å². The second kappa shape index (κ2) is 5.05. The van der Waals surface area contributed by atoms with Crippen LogP contribution < -0.4 is 11.3 Å². The van der Waals surface area contributed by atoms with Gasteiger partial charge in [-0.05, 0) is 39.9 Å². The van der Waals surface area contributed by atoms with Gasteiger partial charge in [0.15, 0.2) is 0 Å². The van der Waals surface area contributed by atoms with Gasteiger partial charge in [0.05, 0.1) is 11.7 Å². The van der Waals surface area contributed by atoms with E-state index in [0.29, 0.717) is 0 Å². The zero-order valence-electron chi connectivity index (χ0n) is 8.77. The maximum Gasteiger partial charge on any atom is 0.0903 e. The Kier molecular flexibility index (Phi) is 3.70. The second-order valence-electron chi connectivity index (χ2n) is 3.48. The first kappa shape index (κ1) is 11.7. The summed E-state index contributed by atoms with van der Waals surface area (Å²) in [6, 6.07) is 3.89. The van der Waals surface area contributed by atoms with Gasteiger partial charge in [0.25, 0.3) is 0 Å². The molecule has 0 aromatic carbocycles. The van der Waals surface area contributed by atoms with Crippen LogP contribution in [0.4, 0.5) is 0 Å². The normalized spacial score (nSPS) is 12.7. The molecular weight excluding hydrogens is 286 g/mol. The van der Waals surface area contributed by atoms with E-state index >= 15 is 0 Å². The fourth-order valence-electron chi connectivity index (χ4n) is 1.61. The minimum absolute atomic E-state index is 0.0678. The van der Waals surface area contributed by atoms with Crippen LogP contribution in [0.2, 0.25) is 0 Å². The summed E-state index contributed by atoms with van der Waals surface area (Å²) in [7, 11) is 0. The summed E-state index contributed by atoms with van der Waals surface area (Å²) in [5.74, 6) is 5.63. The third-order valence-electron chi connectivity index (χ3n) is 2.44. The van der Waals surface area contributed by atoms with Crippen molar-refractivity contribution in [1.82, 2.24) is 10.4 Å². The molecule has 1 unspecified atom stereocenters. The molecule has 5 heteroatoms. The van der Waals surface area contributed by atoms with Crippen LogP contribution in [0, 0.1) is 6.92 Å². The fourth-order valence-corrected chi connectivity index (χ4v) is 3.17. The number of hydrogen-bond donors (Lipinski definition) is 2. The van der Waals surface area contributed by atoms with Gasteiger partial charge in [-0.15, -0.1) is 0 Å². The number of aryl methyl sites for hydroxylation is 1. The molecule has 2 aromatic heterocycles. The van der Waals surface area contributed by atoms with Crippen LogP contribution in [-0.4, -0.2) is 4.98 Å². The van der Waals surface area contributed by atoms with E-state index < -0.39 is 0 Å². The van der Waals surface area contributed by atoms with E-state index in [0.717, 1.165) is 21.3 Å². The van der Waals surface area contributed by atoms with Gasteiger partial charge >= 0.3 is 0 Å². The summed E-state index contributed by atoms with van der Waals surface area (Å²) < 4.78 is 1.06. The molecule has 0 radical (unpaired) electrons. The lowest BCUT2D eigenvalue weighted by Crippen LogP contribution is -2.30. The monoisotopic (exact) mass is 297 g/mol. The minimum Gasteiger partial charge on any atom is -0.271 e. The van der Waals surface area contributed by atoms with Crippen molar-refractivity contribution in [3.05, 3.63) is 50.4 Å². The van der Waals surface area contributed by atoms with Gasteiger partial charge in [0, 0.05) is 21.6 Å². The van der Waals surface area contributed by atoms with Crippen LogP contribution in [0.15, 0.2) is 33.6 Å². The Balaban J connectivity index is 2.45. The van der Waals surface area contributed by atoms with Crippen molar-refractivity contribution < 1.29 is 0 Å². The smallest absolute Gasteiger partial charge is 0.0903 e. The van der Waals surface area contributed by atoms with E-state index in [1.54, 1.807) is 17.5 Å². The number of nitrogens with two attached hydrogens (primary N) is 1. The van der Waals surface area contributed by atoms with Gasteiger partial charge in [-0.25, -0.2) is 5.43 Å². The first-order valence-electron chi connectivity index (χ1n) is 4.83. The SMILES string of the molecule is Cc1cccnc1C(NN)c1cscc1Br. The highest BCUT2D eigenvalue weighted by molar-refractivity contribution is 9.10. The Morgan fingerprint density at radius 3 is 2.88 bits per heavy atom. The van der Waals surface area contributed by atoms with Crippen molar-refractivity contribution in [1.29, 1.82) is 0 Å². The van der Waals surface area contributed by atoms with Crippen molar-refractivity contribution in [2.75, 3.05) is 0 Å². The van der Waals surface area contributed by atoms with E-state index in [2.05, 4.69) is 31.7 Å². The lowest BCUT2D eigenvalue weighted by molar-refractivity contribution is 0.617. The third kappa shape index (κ3) is 2.17. The van der Waals surface area contributed by atoms with Gasteiger partial charge in [-0.2, -0.15) is 11.3 Å². The molecule has 3 nitrogen and oxygen atoms in total. The number of halogens is 1.